The summed E-state index contributed by atoms with van der Waals surface area (Å²) in [5.74, 6) is 1.23. The van der Waals surface area contributed by atoms with Gasteiger partial charge in [-0.1, -0.05) is 83.8 Å². The number of aromatic nitrogens is 2. The molecule has 0 saturated heterocycles. The van der Waals surface area contributed by atoms with E-state index in [1.54, 1.807) is 13.3 Å². The number of thioether (sulfide) groups is 1. The van der Waals surface area contributed by atoms with E-state index in [4.69, 9.17) is 9.47 Å². The lowest BCUT2D eigenvalue weighted by atomic mass is 10.2. The molecule has 0 radical (unpaired) electrons. The first-order chi connectivity index (χ1) is 17.2. The predicted octanol–water partition coefficient (Wildman–Crippen LogP) is 5.08. The van der Waals surface area contributed by atoms with Crippen molar-refractivity contribution < 1.29 is 14.3 Å². The maximum atomic E-state index is 12.2. The van der Waals surface area contributed by atoms with Crippen LogP contribution in [0.2, 0.25) is 0 Å². The molecule has 0 saturated carbocycles. The molecule has 9 heteroatoms. The Morgan fingerprint density at radius 3 is 2.57 bits per heavy atom. The highest BCUT2D eigenvalue weighted by atomic mass is 32.2. The largest absolute Gasteiger partial charge is 0.493 e. The minimum Gasteiger partial charge on any atom is -0.493 e. The fourth-order valence-electron chi connectivity index (χ4n) is 3.11. The zero-order chi connectivity index (χ0) is 24.3. The molecular formula is C26H24N4O3S2. The van der Waals surface area contributed by atoms with E-state index in [1.807, 2.05) is 66.7 Å². The third-order valence-electron chi connectivity index (χ3n) is 4.84. The number of nitrogens with one attached hydrogen (secondary N) is 1. The number of hydrazone groups is 1. The van der Waals surface area contributed by atoms with E-state index in [0.29, 0.717) is 18.1 Å². The van der Waals surface area contributed by atoms with Crippen molar-refractivity contribution in [3.05, 3.63) is 90.0 Å². The molecule has 0 atom stereocenters. The van der Waals surface area contributed by atoms with Crippen molar-refractivity contribution in [1.82, 2.24) is 15.6 Å². The van der Waals surface area contributed by atoms with Crippen molar-refractivity contribution >= 4 is 35.2 Å². The summed E-state index contributed by atoms with van der Waals surface area (Å²) in [7, 11) is 1.59. The summed E-state index contributed by atoms with van der Waals surface area (Å²) in [5.41, 5.74) is 5.54. The molecule has 0 bridgehead atoms. The lowest BCUT2D eigenvalue weighted by Crippen LogP contribution is -2.19. The highest BCUT2D eigenvalue weighted by molar-refractivity contribution is 8.01. The monoisotopic (exact) mass is 504 g/mol. The van der Waals surface area contributed by atoms with E-state index < -0.39 is 0 Å². The predicted molar refractivity (Wildman–Crippen MR) is 140 cm³/mol. The van der Waals surface area contributed by atoms with Crippen LogP contribution in [-0.2, 0) is 11.2 Å². The van der Waals surface area contributed by atoms with Crippen molar-refractivity contribution in [3.8, 4) is 22.1 Å². The fourth-order valence-corrected chi connectivity index (χ4v) is 4.76. The van der Waals surface area contributed by atoms with Crippen LogP contribution in [0.15, 0.2) is 88.3 Å². The molecule has 0 unspecified atom stereocenters. The third-order valence-corrected chi connectivity index (χ3v) is 6.94. The number of methoxy groups -OCH3 is 1. The number of ether oxygens (including phenoxy) is 2. The molecule has 1 N–H and O–H groups in total. The van der Waals surface area contributed by atoms with Gasteiger partial charge in [0.25, 0.3) is 5.91 Å². The highest BCUT2D eigenvalue weighted by Crippen LogP contribution is 2.29. The van der Waals surface area contributed by atoms with E-state index in [2.05, 4.69) is 32.9 Å². The smallest absolute Gasteiger partial charge is 0.250 e. The molecule has 3 aromatic carbocycles. The lowest BCUT2D eigenvalue weighted by Gasteiger charge is -2.11. The number of hydrogen-bond donors (Lipinski definition) is 1. The van der Waals surface area contributed by atoms with Gasteiger partial charge in [-0.15, -0.1) is 10.2 Å². The number of hydrogen-bond acceptors (Lipinski definition) is 8. The first-order valence-electron chi connectivity index (χ1n) is 10.9. The number of benzene rings is 3. The van der Waals surface area contributed by atoms with Gasteiger partial charge in [-0.05, 0) is 29.3 Å². The minimum atomic E-state index is -0.226. The van der Waals surface area contributed by atoms with E-state index >= 15 is 0 Å². The van der Waals surface area contributed by atoms with Crippen molar-refractivity contribution in [1.29, 1.82) is 0 Å². The lowest BCUT2D eigenvalue weighted by molar-refractivity contribution is -0.118. The molecule has 0 aliphatic rings. The number of nitrogens with zero attached hydrogens (tertiary/aromatic N) is 3. The number of amides is 1. The Bertz CT molecular complexity index is 1260. The van der Waals surface area contributed by atoms with Crippen LogP contribution in [0.1, 0.15) is 11.1 Å². The molecule has 178 valence electrons. The van der Waals surface area contributed by atoms with E-state index in [0.717, 1.165) is 26.9 Å². The van der Waals surface area contributed by atoms with Crippen LogP contribution in [0.3, 0.4) is 0 Å². The summed E-state index contributed by atoms with van der Waals surface area (Å²) in [4.78, 5) is 12.2. The Labute approximate surface area is 212 Å². The Hall–Kier alpha value is -3.69. The minimum absolute atomic E-state index is 0.193. The molecule has 0 spiro atoms. The number of rotatable bonds is 11. The summed E-state index contributed by atoms with van der Waals surface area (Å²) in [6, 6.07) is 25.5. The second-order valence-corrected chi connectivity index (χ2v) is 9.52. The molecule has 4 rings (SSSR count). The molecule has 1 amide bonds. The zero-order valence-electron chi connectivity index (χ0n) is 19.1. The van der Waals surface area contributed by atoms with Crippen LogP contribution < -0.4 is 14.9 Å². The Kier molecular flexibility index (Phi) is 8.85. The maximum absolute atomic E-state index is 12.2. The molecule has 0 aliphatic carbocycles. The van der Waals surface area contributed by atoms with Gasteiger partial charge in [-0.2, -0.15) is 5.10 Å². The van der Waals surface area contributed by atoms with Crippen LogP contribution >= 0.6 is 23.1 Å². The average Bonchev–Trinajstić information content (AvgIpc) is 3.38. The van der Waals surface area contributed by atoms with Gasteiger partial charge in [0.2, 0.25) is 0 Å². The summed E-state index contributed by atoms with van der Waals surface area (Å²) in [6.45, 7) is 0.545. The molecule has 35 heavy (non-hydrogen) atoms. The topological polar surface area (TPSA) is 85.7 Å². The van der Waals surface area contributed by atoms with Crippen LogP contribution in [-0.4, -0.2) is 41.8 Å². The van der Waals surface area contributed by atoms with E-state index in [9.17, 15) is 4.79 Å². The van der Waals surface area contributed by atoms with Gasteiger partial charge in [0, 0.05) is 12.0 Å². The summed E-state index contributed by atoms with van der Waals surface area (Å²) >= 11 is 2.78. The summed E-state index contributed by atoms with van der Waals surface area (Å²) in [6.07, 6.45) is 2.37. The van der Waals surface area contributed by atoms with Crippen molar-refractivity contribution in [2.45, 2.75) is 10.8 Å². The summed E-state index contributed by atoms with van der Waals surface area (Å²) < 4.78 is 12.1. The number of carbonyl (C=O) groups is 1. The third kappa shape index (κ3) is 7.40. The quantitative estimate of drug-likeness (QED) is 0.174. The average molecular weight is 505 g/mol. The Morgan fingerprint density at radius 1 is 1.03 bits per heavy atom. The van der Waals surface area contributed by atoms with Crippen LogP contribution in [0, 0.1) is 0 Å². The number of carbonyl (C=O) groups excluding carboxylic acids is 1. The van der Waals surface area contributed by atoms with Gasteiger partial charge in [0.1, 0.15) is 5.01 Å². The molecular weight excluding hydrogens is 480 g/mol. The second kappa shape index (κ2) is 12.7. The molecule has 0 fully saturated rings. The van der Waals surface area contributed by atoms with Crippen LogP contribution in [0.25, 0.3) is 10.6 Å². The Balaban J connectivity index is 1.24. The standard InChI is InChI=1S/C26H24N4O3S2/c1-32-23-16-20(12-13-22(23)33-15-14-19-8-4-2-5-9-19)17-27-28-24(31)18-34-26-30-29-25(35-26)21-10-6-3-7-11-21/h2-13,16-17H,14-15,18H2,1H3,(H,28,31). The Morgan fingerprint density at radius 2 is 1.80 bits per heavy atom. The van der Waals surface area contributed by atoms with Crippen molar-refractivity contribution in [2.75, 3.05) is 19.5 Å². The SMILES string of the molecule is COc1cc(C=NNC(=O)CSc2nnc(-c3ccccc3)s2)ccc1OCCc1ccccc1. The maximum Gasteiger partial charge on any atom is 0.250 e. The van der Waals surface area contributed by atoms with Crippen LogP contribution in [0.5, 0.6) is 11.5 Å². The van der Waals surface area contributed by atoms with Gasteiger partial charge >= 0.3 is 0 Å². The van der Waals surface area contributed by atoms with E-state index in [1.165, 1.54) is 28.7 Å². The second-order valence-electron chi connectivity index (χ2n) is 7.32. The van der Waals surface area contributed by atoms with Gasteiger partial charge < -0.3 is 9.47 Å². The zero-order valence-corrected chi connectivity index (χ0v) is 20.7. The van der Waals surface area contributed by atoms with E-state index in [-0.39, 0.29) is 11.7 Å². The first kappa shape index (κ1) is 24.4. The molecule has 1 heterocycles. The highest BCUT2D eigenvalue weighted by Gasteiger charge is 2.09. The fraction of sp³-hybridized carbons (Fsp3) is 0.154. The molecule has 4 aromatic rings. The molecule has 7 nitrogen and oxygen atoms in total. The van der Waals surface area contributed by atoms with Gasteiger partial charge in [-0.3, -0.25) is 4.79 Å². The summed E-state index contributed by atoms with van der Waals surface area (Å²) in [5, 5.41) is 13.2. The van der Waals surface area contributed by atoms with Gasteiger partial charge in [-0.25, -0.2) is 5.43 Å². The molecule has 0 aliphatic heterocycles. The molecule has 1 aromatic heterocycles. The van der Waals surface area contributed by atoms with Crippen LogP contribution in [0.4, 0.5) is 0 Å². The van der Waals surface area contributed by atoms with Gasteiger partial charge in [0.05, 0.1) is 25.7 Å². The van der Waals surface area contributed by atoms with Crippen molar-refractivity contribution in [3.63, 3.8) is 0 Å². The van der Waals surface area contributed by atoms with Crippen molar-refractivity contribution in [2.24, 2.45) is 5.10 Å². The van der Waals surface area contributed by atoms with Gasteiger partial charge in [0.15, 0.2) is 15.8 Å². The first-order valence-corrected chi connectivity index (χ1v) is 12.7. The normalized spacial score (nSPS) is 10.9.